The van der Waals surface area contributed by atoms with Gasteiger partial charge < -0.3 is 10.6 Å². The van der Waals surface area contributed by atoms with Gasteiger partial charge in [-0.15, -0.1) is 35.3 Å². The molecule has 1 heterocycles. The Kier molecular flexibility index (Phi) is 9.08. The van der Waals surface area contributed by atoms with Gasteiger partial charge in [-0.05, 0) is 31.5 Å². The number of halogens is 2. The highest BCUT2D eigenvalue weighted by Gasteiger charge is 2.01. The molecule has 2 rings (SSSR count). The highest BCUT2D eigenvalue weighted by Crippen LogP contribution is 2.10. The quantitative estimate of drug-likeness (QED) is 0.404. The van der Waals surface area contributed by atoms with E-state index in [0.29, 0.717) is 6.54 Å². The SMILES string of the molecule is CCNC(=NCc1cccc(F)c1)NCCc1ncc(C)s1.I. The molecule has 1 aromatic carbocycles. The summed E-state index contributed by atoms with van der Waals surface area (Å²) in [4.78, 5) is 10.0. The van der Waals surface area contributed by atoms with Gasteiger partial charge >= 0.3 is 0 Å². The van der Waals surface area contributed by atoms with E-state index in [1.54, 1.807) is 17.4 Å². The van der Waals surface area contributed by atoms with E-state index in [9.17, 15) is 4.39 Å². The standard InChI is InChI=1S/C16H21FN4S.HI/c1-3-18-16(19-8-7-15-20-10-12(2)22-15)21-11-13-5-4-6-14(17)9-13;/h4-6,9-10H,3,7-8,11H2,1-2H3,(H2,18,19,21);1H. The Balaban J connectivity index is 0.00000264. The summed E-state index contributed by atoms with van der Waals surface area (Å²) in [7, 11) is 0. The van der Waals surface area contributed by atoms with Crippen molar-refractivity contribution in [2.24, 2.45) is 4.99 Å². The first kappa shape index (κ1) is 19.8. The molecule has 0 atom stereocenters. The lowest BCUT2D eigenvalue weighted by Crippen LogP contribution is -2.38. The summed E-state index contributed by atoms with van der Waals surface area (Å²) in [6.07, 6.45) is 2.76. The average Bonchev–Trinajstić information content (AvgIpc) is 2.90. The number of aryl methyl sites for hydroxylation is 1. The highest BCUT2D eigenvalue weighted by molar-refractivity contribution is 14.0. The summed E-state index contributed by atoms with van der Waals surface area (Å²) in [6.45, 7) is 6.07. The van der Waals surface area contributed by atoms with Crippen LogP contribution < -0.4 is 10.6 Å². The number of hydrogen-bond acceptors (Lipinski definition) is 3. The molecule has 0 saturated carbocycles. The Labute approximate surface area is 157 Å². The molecule has 0 amide bonds. The van der Waals surface area contributed by atoms with E-state index >= 15 is 0 Å². The van der Waals surface area contributed by atoms with Crippen LogP contribution in [0.5, 0.6) is 0 Å². The Hall–Kier alpha value is -1.22. The van der Waals surface area contributed by atoms with Gasteiger partial charge in [0.1, 0.15) is 5.82 Å². The third kappa shape index (κ3) is 7.26. The molecule has 0 aliphatic rings. The molecule has 0 aliphatic carbocycles. The van der Waals surface area contributed by atoms with Crippen LogP contribution in [0.3, 0.4) is 0 Å². The number of aliphatic imine (C=N–C) groups is 1. The van der Waals surface area contributed by atoms with Crippen molar-refractivity contribution >= 4 is 41.3 Å². The van der Waals surface area contributed by atoms with E-state index in [1.165, 1.54) is 17.0 Å². The molecule has 126 valence electrons. The molecule has 0 bridgehead atoms. The molecule has 0 spiro atoms. The van der Waals surface area contributed by atoms with E-state index in [1.807, 2.05) is 19.2 Å². The minimum atomic E-state index is -0.232. The van der Waals surface area contributed by atoms with Crippen LogP contribution in [0.4, 0.5) is 4.39 Å². The summed E-state index contributed by atoms with van der Waals surface area (Å²) in [5, 5.41) is 7.58. The lowest BCUT2D eigenvalue weighted by Gasteiger charge is -2.10. The normalized spacial score (nSPS) is 11.0. The predicted molar refractivity (Wildman–Crippen MR) is 105 cm³/mol. The molecular weight excluding hydrogens is 426 g/mol. The maximum atomic E-state index is 13.1. The Morgan fingerprint density at radius 1 is 1.35 bits per heavy atom. The van der Waals surface area contributed by atoms with Crippen molar-refractivity contribution in [3.05, 3.63) is 51.7 Å². The number of rotatable bonds is 6. The van der Waals surface area contributed by atoms with Crippen molar-refractivity contribution in [1.29, 1.82) is 0 Å². The van der Waals surface area contributed by atoms with Crippen molar-refractivity contribution in [2.45, 2.75) is 26.8 Å². The number of thiazole rings is 1. The molecule has 2 aromatic rings. The van der Waals surface area contributed by atoms with Gasteiger partial charge in [0, 0.05) is 30.6 Å². The van der Waals surface area contributed by atoms with Crippen molar-refractivity contribution in [2.75, 3.05) is 13.1 Å². The van der Waals surface area contributed by atoms with E-state index in [-0.39, 0.29) is 29.8 Å². The molecule has 2 N–H and O–H groups in total. The lowest BCUT2D eigenvalue weighted by molar-refractivity contribution is 0.625. The molecule has 0 aliphatic heterocycles. The number of nitrogens with one attached hydrogen (secondary N) is 2. The first-order valence-corrected chi connectivity index (χ1v) is 8.17. The van der Waals surface area contributed by atoms with Crippen LogP contribution in [-0.2, 0) is 13.0 Å². The van der Waals surface area contributed by atoms with Gasteiger partial charge in [-0.1, -0.05) is 12.1 Å². The number of nitrogens with zero attached hydrogens (tertiary/aromatic N) is 2. The van der Waals surface area contributed by atoms with Gasteiger partial charge in [0.15, 0.2) is 5.96 Å². The van der Waals surface area contributed by atoms with E-state index in [4.69, 9.17) is 0 Å². The number of hydrogen-bond donors (Lipinski definition) is 2. The van der Waals surface area contributed by atoms with Gasteiger partial charge in [-0.25, -0.2) is 14.4 Å². The summed E-state index contributed by atoms with van der Waals surface area (Å²) in [5.74, 6) is 0.504. The first-order valence-electron chi connectivity index (χ1n) is 7.35. The average molecular weight is 448 g/mol. The molecule has 1 aromatic heterocycles. The van der Waals surface area contributed by atoms with Gasteiger partial charge in [-0.2, -0.15) is 0 Å². The van der Waals surface area contributed by atoms with Crippen LogP contribution in [0, 0.1) is 12.7 Å². The third-order valence-corrected chi connectivity index (χ3v) is 3.93. The first-order chi connectivity index (χ1) is 10.7. The van der Waals surface area contributed by atoms with Gasteiger partial charge in [-0.3, -0.25) is 0 Å². The molecule has 0 unspecified atom stereocenters. The van der Waals surface area contributed by atoms with Crippen LogP contribution in [0.15, 0.2) is 35.5 Å². The van der Waals surface area contributed by atoms with Crippen molar-refractivity contribution in [1.82, 2.24) is 15.6 Å². The van der Waals surface area contributed by atoms with Gasteiger partial charge in [0.2, 0.25) is 0 Å². The predicted octanol–water partition coefficient (Wildman–Crippen LogP) is 3.51. The summed E-state index contributed by atoms with van der Waals surface area (Å²) >= 11 is 1.71. The third-order valence-electron chi connectivity index (χ3n) is 2.95. The van der Waals surface area contributed by atoms with Crippen LogP contribution in [0.1, 0.15) is 22.4 Å². The smallest absolute Gasteiger partial charge is 0.191 e. The van der Waals surface area contributed by atoms with E-state index in [0.717, 1.165) is 36.0 Å². The second kappa shape index (κ2) is 10.5. The summed E-state index contributed by atoms with van der Waals surface area (Å²) < 4.78 is 13.1. The summed E-state index contributed by atoms with van der Waals surface area (Å²) in [6, 6.07) is 6.51. The fourth-order valence-electron chi connectivity index (χ4n) is 1.95. The Morgan fingerprint density at radius 2 is 2.17 bits per heavy atom. The number of aromatic nitrogens is 1. The van der Waals surface area contributed by atoms with Crippen LogP contribution in [0.25, 0.3) is 0 Å². The minimum absolute atomic E-state index is 0. The largest absolute Gasteiger partial charge is 0.357 e. The molecule has 23 heavy (non-hydrogen) atoms. The monoisotopic (exact) mass is 448 g/mol. The Morgan fingerprint density at radius 3 is 2.83 bits per heavy atom. The van der Waals surface area contributed by atoms with Crippen molar-refractivity contribution in [3.63, 3.8) is 0 Å². The zero-order valence-corrected chi connectivity index (χ0v) is 16.5. The number of benzene rings is 1. The molecule has 0 radical (unpaired) electrons. The molecule has 0 fully saturated rings. The van der Waals surface area contributed by atoms with Crippen molar-refractivity contribution in [3.8, 4) is 0 Å². The molecular formula is C16H22FIN4S. The van der Waals surface area contributed by atoms with Crippen LogP contribution >= 0.6 is 35.3 Å². The zero-order chi connectivity index (χ0) is 15.8. The molecule has 7 heteroatoms. The Bertz CT molecular complexity index is 630. The lowest BCUT2D eigenvalue weighted by atomic mass is 10.2. The zero-order valence-electron chi connectivity index (χ0n) is 13.3. The molecule has 0 saturated heterocycles. The van der Waals surface area contributed by atoms with Gasteiger partial charge in [0.25, 0.3) is 0 Å². The number of guanidine groups is 1. The fourth-order valence-corrected chi connectivity index (χ4v) is 2.74. The fraction of sp³-hybridized carbons (Fsp3) is 0.375. The highest BCUT2D eigenvalue weighted by atomic mass is 127. The van der Waals surface area contributed by atoms with E-state index in [2.05, 4.69) is 27.5 Å². The van der Waals surface area contributed by atoms with Crippen LogP contribution in [0.2, 0.25) is 0 Å². The molecule has 4 nitrogen and oxygen atoms in total. The summed E-state index contributed by atoms with van der Waals surface area (Å²) in [5.41, 5.74) is 0.854. The van der Waals surface area contributed by atoms with E-state index < -0.39 is 0 Å². The van der Waals surface area contributed by atoms with Crippen molar-refractivity contribution < 1.29 is 4.39 Å². The second-order valence-corrected chi connectivity index (χ2v) is 6.19. The minimum Gasteiger partial charge on any atom is -0.357 e. The maximum Gasteiger partial charge on any atom is 0.191 e. The van der Waals surface area contributed by atoms with Crippen LogP contribution in [-0.4, -0.2) is 24.0 Å². The van der Waals surface area contributed by atoms with Gasteiger partial charge in [0.05, 0.1) is 11.6 Å². The maximum absolute atomic E-state index is 13.1. The second-order valence-electron chi connectivity index (χ2n) is 4.87. The topological polar surface area (TPSA) is 49.3 Å².